The number of amides is 1. The first-order valence-electron chi connectivity index (χ1n) is 7.97. The standard InChI is InChI=1S/C19H22N2O2/c1-21(11-12-22)16-9-7-15(8-10-16)20-19(23)18-13-17(18)14-5-3-2-4-6-14/h2-10,17-18,22H,11-13H2,1H3,(H,20,23). The first-order valence-corrected chi connectivity index (χ1v) is 7.97. The minimum absolute atomic E-state index is 0.0779. The van der Waals surface area contributed by atoms with Gasteiger partial charge in [-0.1, -0.05) is 30.3 Å². The van der Waals surface area contributed by atoms with Crippen LogP contribution in [0.1, 0.15) is 17.9 Å². The highest BCUT2D eigenvalue weighted by atomic mass is 16.3. The van der Waals surface area contributed by atoms with Crippen molar-refractivity contribution in [2.75, 3.05) is 30.4 Å². The van der Waals surface area contributed by atoms with Crippen molar-refractivity contribution in [3.63, 3.8) is 0 Å². The molecule has 4 heteroatoms. The van der Waals surface area contributed by atoms with Crippen LogP contribution in [0, 0.1) is 5.92 Å². The van der Waals surface area contributed by atoms with Crippen molar-refractivity contribution in [3.8, 4) is 0 Å². The summed E-state index contributed by atoms with van der Waals surface area (Å²) in [5.74, 6) is 0.524. The van der Waals surface area contributed by atoms with Crippen LogP contribution >= 0.6 is 0 Å². The maximum atomic E-state index is 12.3. The van der Waals surface area contributed by atoms with Crippen molar-refractivity contribution in [1.29, 1.82) is 0 Å². The molecule has 1 aliphatic rings. The summed E-state index contributed by atoms with van der Waals surface area (Å²) in [4.78, 5) is 14.3. The first kappa shape index (κ1) is 15.6. The smallest absolute Gasteiger partial charge is 0.228 e. The monoisotopic (exact) mass is 310 g/mol. The van der Waals surface area contributed by atoms with Gasteiger partial charge in [0.05, 0.1) is 6.61 Å². The van der Waals surface area contributed by atoms with E-state index >= 15 is 0 Å². The van der Waals surface area contributed by atoms with E-state index in [1.54, 1.807) is 0 Å². The molecule has 1 saturated carbocycles. The van der Waals surface area contributed by atoms with Crippen molar-refractivity contribution in [1.82, 2.24) is 0 Å². The van der Waals surface area contributed by atoms with Crippen LogP contribution in [0.2, 0.25) is 0 Å². The SMILES string of the molecule is CN(CCO)c1ccc(NC(=O)C2CC2c2ccccc2)cc1. The van der Waals surface area contributed by atoms with Gasteiger partial charge in [-0.15, -0.1) is 0 Å². The molecule has 0 heterocycles. The van der Waals surface area contributed by atoms with E-state index in [0.717, 1.165) is 17.8 Å². The predicted molar refractivity (Wildman–Crippen MR) is 92.7 cm³/mol. The van der Waals surface area contributed by atoms with Gasteiger partial charge in [0, 0.05) is 30.9 Å². The van der Waals surface area contributed by atoms with Crippen LogP contribution in [0.5, 0.6) is 0 Å². The summed E-state index contributed by atoms with van der Waals surface area (Å²) < 4.78 is 0. The van der Waals surface area contributed by atoms with Crippen molar-refractivity contribution in [2.24, 2.45) is 5.92 Å². The third-order valence-corrected chi connectivity index (χ3v) is 4.37. The topological polar surface area (TPSA) is 52.6 Å². The average molecular weight is 310 g/mol. The van der Waals surface area contributed by atoms with Gasteiger partial charge >= 0.3 is 0 Å². The van der Waals surface area contributed by atoms with Crippen molar-refractivity contribution < 1.29 is 9.90 Å². The molecule has 2 aromatic rings. The third kappa shape index (κ3) is 3.71. The van der Waals surface area contributed by atoms with Gasteiger partial charge in [0.2, 0.25) is 5.91 Å². The third-order valence-electron chi connectivity index (χ3n) is 4.37. The fourth-order valence-corrected chi connectivity index (χ4v) is 2.87. The number of hydrogen-bond donors (Lipinski definition) is 2. The summed E-state index contributed by atoms with van der Waals surface area (Å²) in [6.45, 7) is 0.712. The number of aliphatic hydroxyl groups excluding tert-OH is 1. The van der Waals surface area contributed by atoms with E-state index < -0.39 is 0 Å². The number of aliphatic hydroxyl groups is 1. The van der Waals surface area contributed by atoms with Gasteiger partial charge in [-0.05, 0) is 42.2 Å². The van der Waals surface area contributed by atoms with Crippen LogP contribution in [-0.2, 0) is 4.79 Å². The molecule has 120 valence electrons. The largest absolute Gasteiger partial charge is 0.395 e. The number of rotatable bonds is 6. The molecule has 4 nitrogen and oxygen atoms in total. The molecule has 2 aromatic carbocycles. The predicted octanol–water partition coefficient (Wildman–Crippen LogP) is 2.86. The van der Waals surface area contributed by atoms with Crippen LogP contribution < -0.4 is 10.2 Å². The number of carbonyl (C=O) groups excluding carboxylic acids is 1. The molecule has 2 unspecified atom stereocenters. The Morgan fingerprint density at radius 2 is 1.87 bits per heavy atom. The molecule has 2 atom stereocenters. The molecule has 0 bridgehead atoms. The van der Waals surface area contributed by atoms with Crippen molar-refractivity contribution in [2.45, 2.75) is 12.3 Å². The Balaban J connectivity index is 1.57. The minimum atomic E-state index is 0.0779. The normalized spacial score (nSPS) is 19.2. The molecule has 0 aromatic heterocycles. The second-order valence-electron chi connectivity index (χ2n) is 6.04. The Labute approximate surface area is 136 Å². The Kier molecular flexibility index (Phi) is 4.63. The minimum Gasteiger partial charge on any atom is -0.395 e. The summed E-state index contributed by atoms with van der Waals surface area (Å²) in [5, 5.41) is 12.0. The maximum absolute atomic E-state index is 12.3. The number of benzene rings is 2. The maximum Gasteiger partial charge on any atom is 0.228 e. The molecule has 3 rings (SSSR count). The Hall–Kier alpha value is -2.33. The molecule has 23 heavy (non-hydrogen) atoms. The van der Waals surface area contributed by atoms with Gasteiger partial charge < -0.3 is 15.3 Å². The molecular weight excluding hydrogens is 288 g/mol. The fraction of sp³-hybridized carbons (Fsp3) is 0.316. The Morgan fingerprint density at radius 1 is 1.17 bits per heavy atom. The summed E-state index contributed by atoms with van der Waals surface area (Å²) in [5.41, 5.74) is 3.08. The van der Waals surface area contributed by atoms with Gasteiger partial charge in [0.25, 0.3) is 0 Å². The zero-order valence-corrected chi connectivity index (χ0v) is 13.3. The molecule has 0 spiro atoms. The van der Waals surface area contributed by atoms with Crippen LogP contribution in [0.4, 0.5) is 11.4 Å². The fourth-order valence-electron chi connectivity index (χ4n) is 2.87. The highest BCUT2D eigenvalue weighted by Crippen LogP contribution is 2.47. The molecule has 0 radical (unpaired) electrons. The second kappa shape index (κ2) is 6.84. The van der Waals surface area contributed by atoms with Gasteiger partial charge in [-0.2, -0.15) is 0 Å². The lowest BCUT2D eigenvalue weighted by Crippen LogP contribution is -2.21. The molecule has 1 amide bonds. The van der Waals surface area contributed by atoms with E-state index in [-0.39, 0.29) is 18.4 Å². The highest BCUT2D eigenvalue weighted by molar-refractivity contribution is 5.95. The van der Waals surface area contributed by atoms with Gasteiger partial charge in [-0.3, -0.25) is 4.79 Å². The van der Waals surface area contributed by atoms with Crippen LogP contribution in [0.25, 0.3) is 0 Å². The quantitative estimate of drug-likeness (QED) is 0.862. The van der Waals surface area contributed by atoms with Gasteiger partial charge in [0.1, 0.15) is 0 Å². The van der Waals surface area contributed by atoms with Crippen LogP contribution in [0.15, 0.2) is 54.6 Å². The van der Waals surface area contributed by atoms with E-state index in [9.17, 15) is 4.79 Å². The van der Waals surface area contributed by atoms with Crippen molar-refractivity contribution >= 4 is 17.3 Å². The van der Waals surface area contributed by atoms with E-state index in [1.165, 1.54) is 5.56 Å². The lowest BCUT2D eigenvalue weighted by atomic mass is 10.1. The molecule has 1 fully saturated rings. The molecule has 1 aliphatic carbocycles. The van der Waals surface area contributed by atoms with E-state index in [0.29, 0.717) is 12.5 Å². The average Bonchev–Trinajstić information content (AvgIpc) is 3.37. The number of anilines is 2. The lowest BCUT2D eigenvalue weighted by Gasteiger charge is -2.18. The van der Waals surface area contributed by atoms with Crippen LogP contribution in [0.3, 0.4) is 0 Å². The first-order chi connectivity index (χ1) is 11.2. The number of likely N-dealkylation sites (N-methyl/N-ethyl adjacent to an activating group) is 1. The highest BCUT2D eigenvalue weighted by Gasteiger charge is 2.43. The summed E-state index contributed by atoms with van der Waals surface area (Å²) in [7, 11) is 1.93. The molecule has 0 aliphatic heterocycles. The summed E-state index contributed by atoms with van der Waals surface area (Å²) >= 11 is 0. The lowest BCUT2D eigenvalue weighted by molar-refractivity contribution is -0.117. The summed E-state index contributed by atoms with van der Waals surface area (Å²) in [6, 6.07) is 17.9. The number of nitrogens with zero attached hydrogens (tertiary/aromatic N) is 1. The number of carbonyl (C=O) groups is 1. The van der Waals surface area contributed by atoms with E-state index in [2.05, 4.69) is 17.4 Å². The summed E-state index contributed by atoms with van der Waals surface area (Å²) in [6.07, 6.45) is 0.924. The van der Waals surface area contributed by atoms with E-state index in [4.69, 9.17) is 5.11 Å². The van der Waals surface area contributed by atoms with Gasteiger partial charge in [0.15, 0.2) is 0 Å². The molecule has 0 saturated heterocycles. The van der Waals surface area contributed by atoms with Crippen LogP contribution in [-0.4, -0.2) is 31.2 Å². The number of nitrogens with one attached hydrogen (secondary N) is 1. The van der Waals surface area contributed by atoms with E-state index in [1.807, 2.05) is 54.4 Å². The molecular formula is C19H22N2O2. The van der Waals surface area contributed by atoms with Crippen molar-refractivity contribution in [3.05, 3.63) is 60.2 Å². The zero-order chi connectivity index (χ0) is 16.2. The number of hydrogen-bond acceptors (Lipinski definition) is 3. The Morgan fingerprint density at radius 3 is 2.52 bits per heavy atom. The molecule has 2 N–H and O–H groups in total. The zero-order valence-electron chi connectivity index (χ0n) is 13.3. The second-order valence-corrected chi connectivity index (χ2v) is 6.04. The Bertz CT molecular complexity index is 655. The van der Waals surface area contributed by atoms with Gasteiger partial charge in [-0.25, -0.2) is 0 Å².